The molecule has 6 heteroatoms. The van der Waals surface area contributed by atoms with Gasteiger partial charge in [-0.05, 0) is 30.3 Å². The van der Waals surface area contributed by atoms with E-state index in [1.165, 1.54) is 18.2 Å². The van der Waals surface area contributed by atoms with Crippen molar-refractivity contribution in [1.29, 1.82) is 0 Å². The van der Waals surface area contributed by atoms with Gasteiger partial charge < -0.3 is 10.4 Å². The summed E-state index contributed by atoms with van der Waals surface area (Å²) < 4.78 is 0. The first-order valence-electron chi connectivity index (χ1n) is 5.55. The van der Waals surface area contributed by atoms with E-state index >= 15 is 0 Å². The zero-order chi connectivity index (χ0) is 13.7. The van der Waals surface area contributed by atoms with Crippen molar-refractivity contribution in [2.75, 3.05) is 0 Å². The second-order valence-electron chi connectivity index (χ2n) is 3.78. The average Bonchev–Trinajstić information content (AvgIpc) is 2.46. The van der Waals surface area contributed by atoms with E-state index in [0.717, 1.165) is 0 Å². The summed E-state index contributed by atoms with van der Waals surface area (Å²) in [6.45, 7) is 0.240. The minimum Gasteiger partial charge on any atom is -0.478 e. The second kappa shape index (κ2) is 5.72. The van der Waals surface area contributed by atoms with Gasteiger partial charge >= 0.3 is 5.97 Å². The Morgan fingerprint density at radius 3 is 2.63 bits per heavy atom. The van der Waals surface area contributed by atoms with Crippen molar-refractivity contribution in [3.05, 3.63) is 59.4 Å². The van der Waals surface area contributed by atoms with E-state index in [-0.39, 0.29) is 18.0 Å². The van der Waals surface area contributed by atoms with Crippen molar-refractivity contribution in [2.24, 2.45) is 0 Å². The van der Waals surface area contributed by atoms with E-state index in [1.807, 2.05) is 0 Å². The van der Waals surface area contributed by atoms with Gasteiger partial charge in [-0.25, -0.2) is 4.79 Å². The molecule has 0 atom stereocenters. The first-order chi connectivity index (χ1) is 9.16. The Bertz CT molecular complexity index is 599. The summed E-state index contributed by atoms with van der Waals surface area (Å²) in [5, 5.41) is 19.0. The molecule has 1 aromatic heterocycles. The third kappa shape index (κ3) is 3.35. The molecule has 0 saturated heterocycles. The van der Waals surface area contributed by atoms with Crippen LogP contribution in [0.25, 0.3) is 0 Å². The van der Waals surface area contributed by atoms with E-state index in [2.05, 4.69) is 15.5 Å². The topological polar surface area (TPSA) is 92.2 Å². The number of nitrogens with one attached hydrogen (secondary N) is 1. The van der Waals surface area contributed by atoms with E-state index in [9.17, 15) is 9.59 Å². The fourth-order valence-corrected chi connectivity index (χ4v) is 1.49. The Balaban J connectivity index is 2.04. The molecule has 19 heavy (non-hydrogen) atoms. The van der Waals surface area contributed by atoms with Crippen LogP contribution in [-0.4, -0.2) is 27.2 Å². The lowest BCUT2D eigenvalue weighted by Crippen LogP contribution is -2.23. The Morgan fingerprint density at radius 1 is 1.16 bits per heavy atom. The summed E-state index contributed by atoms with van der Waals surface area (Å²) in [6.07, 6.45) is 1.54. The highest BCUT2D eigenvalue weighted by molar-refractivity contribution is 5.97. The van der Waals surface area contributed by atoms with Gasteiger partial charge in [0, 0.05) is 11.8 Å². The molecule has 0 spiro atoms. The Hall–Kier alpha value is -2.76. The highest BCUT2D eigenvalue weighted by Crippen LogP contribution is 2.05. The van der Waals surface area contributed by atoms with Crippen LogP contribution in [0, 0.1) is 0 Å². The molecule has 0 aliphatic heterocycles. The van der Waals surface area contributed by atoms with E-state index in [4.69, 9.17) is 5.11 Å². The average molecular weight is 257 g/mol. The molecule has 1 heterocycles. The summed E-state index contributed by atoms with van der Waals surface area (Å²) in [7, 11) is 0. The maximum atomic E-state index is 11.8. The third-order valence-electron chi connectivity index (χ3n) is 2.43. The highest BCUT2D eigenvalue weighted by atomic mass is 16.4. The van der Waals surface area contributed by atoms with E-state index in [1.54, 1.807) is 24.4 Å². The zero-order valence-electron chi connectivity index (χ0n) is 9.91. The molecule has 0 saturated carbocycles. The largest absolute Gasteiger partial charge is 0.478 e. The molecule has 0 fully saturated rings. The smallest absolute Gasteiger partial charge is 0.335 e. The normalized spacial score (nSPS) is 9.89. The van der Waals surface area contributed by atoms with Crippen molar-refractivity contribution in [3.63, 3.8) is 0 Å². The van der Waals surface area contributed by atoms with E-state index in [0.29, 0.717) is 11.3 Å². The molecule has 0 aliphatic rings. The molecule has 0 radical (unpaired) electrons. The minimum atomic E-state index is -1.07. The van der Waals surface area contributed by atoms with Gasteiger partial charge in [0.15, 0.2) is 0 Å². The van der Waals surface area contributed by atoms with Gasteiger partial charge in [-0.15, -0.1) is 0 Å². The van der Waals surface area contributed by atoms with Crippen LogP contribution >= 0.6 is 0 Å². The lowest BCUT2D eigenvalue weighted by molar-refractivity contribution is 0.0697. The summed E-state index contributed by atoms with van der Waals surface area (Å²) in [4.78, 5) is 22.6. The van der Waals surface area contributed by atoms with Gasteiger partial charge in [-0.2, -0.15) is 10.2 Å². The second-order valence-corrected chi connectivity index (χ2v) is 3.78. The van der Waals surface area contributed by atoms with Crippen molar-refractivity contribution < 1.29 is 14.7 Å². The molecule has 2 aromatic rings. The zero-order valence-corrected chi connectivity index (χ0v) is 9.91. The molecule has 2 N–H and O–H groups in total. The highest BCUT2D eigenvalue weighted by Gasteiger charge is 2.09. The lowest BCUT2D eigenvalue weighted by Gasteiger charge is -2.05. The van der Waals surface area contributed by atoms with Crippen LogP contribution in [0.2, 0.25) is 0 Å². The van der Waals surface area contributed by atoms with Crippen LogP contribution in [0.1, 0.15) is 26.4 Å². The van der Waals surface area contributed by atoms with Gasteiger partial charge in [0.2, 0.25) is 0 Å². The quantitative estimate of drug-likeness (QED) is 0.855. The number of nitrogens with zero attached hydrogens (tertiary/aromatic N) is 2. The predicted octanol–water partition coefficient (Wildman–Crippen LogP) is 1.10. The number of hydrogen-bond acceptors (Lipinski definition) is 4. The first-order valence-corrected chi connectivity index (χ1v) is 5.55. The maximum absolute atomic E-state index is 11.8. The lowest BCUT2D eigenvalue weighted by atomic mass is 10.1. The first kappa shape index (κ1) is 12.7. The molecule has 0 unspecified atom stereocenters. The summed E-state index contributed by atoms with van der Waals surface area (Å²) in [6, 6.07) is 9.30. The fourth-order valence-electron chi connectivity index (χ4n) is 1.49. The van der Waals surface area contributed by atoms with Gasteiger partial charge in [0.05, 0.1) is 17.8 Å². The number of carboxylic acids is 1. The molecule has 96 valence electrons. The SMILES string of the molecule is O=C(O)c1cccc(C(=O)NCc2cccnn2)c1. The Kier molecular flexibility index (Phi) is 3.82. The fraction of sp³-hybridized carbons (Fsp3) is 0.0769. The van der Waals surface area contributed by atoms with Crippen molar-refractivity contribution in [2.45, 2.75) is 6.54 Å². The Labute approximate surface area is 109 Å². The van der Waals surface area contributed by atoms with Gasteiger partial charge in [-0.3, -0.25) is 4.79 Å². The number of amides is 1. The number of benzene rings is 1. The third-order valence-corrected chi connectivity index (χ3v) is 2.43. The van der Waals surface area contributed by atoms with Crippen LogP contribution in [0.4, 0.5) is 0 Å². The van der Waals surface area contributed by atoms with Gasteiger partial charge in [0.1, 0.15) is 0 Å². The standard InChI is InChI=1S/C13H11N3O3/c17-12(14-8-11-5-2-6-15-16-11)9-3-1-4-10(7-9)13(18)19/h1-7H,8H2,(H,14,17)(H,18,19). The van der Waals surface area contributed by atoms with E-state index < -0.39 is 5.97 Å². The number of rotatable bonds is 4. The predicted molar refractivity (Wildman–Crippen MR) is 66.6 cm³/mol. The van der Waals surface area contributed by atoms with Crippen LogP contribution in [0.15, 0.2) is 42.6 Å². The van der Waals surface area contributed by atoms with Crippen LogP contribution in [-0.2, 0) is 6.54 Å². The molecular weight excluding hydrogens is 246 g/mol. The summed E-state index contributed by atoms with van der Waals surface area (Å²) in [5.74, 6) is -1.42. The molecular formula is C13H11N3O3. The molecule has 6 nitrogen and oxygen atoms in total. The molecule has 0 bridgehead atoms. The van der Waals surface area contributed by atoms with Crippen LogP contribution in [0.5, 0.6) is 0 Å². The number of carboxylic acid groups (broad SMARTS) is 1. The van der Waals surface area contributed by atoms with Crippen molar-refractivity contribution in [1.82, 2.24) is 15.5 Å². The van der Waals surface area contributed by atoms with Gasteiger partial charge in [0.25, 0.3) is 5.91 Å². The number of carbonyl (C=O) groups is 2. The minimum absolute atomic E-state index is 0.0761. The number of aromatic carboxylic acids is 1. The molecule has 1 aromatic carbocycles. The van der Waals surface area contributed by atoms with Crippen molar-refractivity contribution in [3.8, 4) is 0 Å². The number of hydrogen-bond donors (Lipinski definition) is 2. The monoisotopic (exact) mass is 257 g/mol. The number of aromatic nitrogens is 2. The molecule has 2 rings (SSSR count). The summed E-state index contributed by atoms with van der Waals surface area (Å²) in [5.41, 5.74) is 1.00. The molecule has 1 amide bonds. The number of carbonyl (C=O) groups excluding carboxylic acids is 1. The van der Waals surface area contributed by atoms with Gasteiger partial charge in [-0.1, -0.05) is 6.07 Å². The summed E-state index contributed by atoms with van der Waals surface area (Å²) >= 11 is 0. The van der Waals surface area contributed by atoms with Crippen LogP contribution in [0.3, 0.4) is 0 Å². The van der Waals surface area contributed by atoms with Crippen molar-refractivity contribution >= 4 is 11.9 Å². The van der Waals surface area contributed by atoms with Crippen LogP contribution < -0.4 is 5.32 Å². The Morgan fingerprint density at radius 2 is 1.95 bits per heavy atom. The maximum Gasteiger partial charge on any atom is 0.335 e. The molecule has 0 aliphatic carbocycles.